The highest BCUT2D eigenvalue weighted by Crippen LogP contribution is 2.16. The summed E-state index contributed by atoms with van der Waals surface area (Å²) in [5.41, 5.74) is 1.85. The van der Waals surface area contributed by atoms with E-state index in [0.717, 1.165) is 36.2 Å². The van der Waals surface area contributed by atoms with Crippen LogP contribution in [0.4, 0.5) is 10.5 Å². The number of hydrogen-bond acceptors (Lipinski definition) is 3. The number of carbonyl (C=O) groups is 1. The summed E-state index contributed by atoms with van der Waals surface area (Å²) in [7, 11) is 3.17. The molecule has 1 aromatic carbocycles. The molecule has 0 bridgehead atoms. The molecule has 0 spiro atoms. The Morgan fingerprint density at radius 3 is 2.52 bits per heavy atom. The minimum Gasteiger partial charge on any atom is -0.453 e. The summed E-state index contributed by atoms with van der Waals surface area (Å²) in [6.07, 6.45) is 1.97. The maximum atomic E-state index is 11.2. The van der Waals surface area contributed by atoms with E-state index in [-0.39, 0.29) is 0 Å². The number of rotatable bonds is 3. The highest BCUT2D eigenvalue weighted by Gasteiger charge is 2.18. The average molecular weight is 318 g/mol. The van der Waals surface area contributed by atoms with Gasteiger partial charge in [0, 0.05) is 32.4 Å². The fourth-order valence-corrected chi connectivity index (χ4v) is 2.61. The van der Waals surface area contributed by atoms with Crippen LogP contribution < -0.4 is 10.6 Å². The van der Waals surface area contributed by atoms with Crippen molar-refractivity contribution in [2.75, 3.05) is 32.6 Å². The number of amides is 1. The standard InChI is InChI=1S/C17H26N4O2/c1-13-8-10-21(11-9-13)16(18-2)19-12-14-4-6-15(7-5-14)20-17(22)23-3/h4-7,13H,8-12H2,1-3H3,(H,18,19)(H,20,22). The molecule has 0 unspecified atom stereocenters. The van der Waals surface area contributed by atoms with Gasteiger partial charge in [0.2, 0.25) is 0 Å². The summed E-state index contributed by atoms with van der Waals surface area (Å²) >= 11 is 0. The van der Waals surface area contributed by atoms with Gasteiger partial charge in [0.25, 0.3) is 0 Å². The van der Waals surface area contributed by atoms with Crippen molar-refractivity contribution in [1.82, 2.24) is 10.2 Å². The van der Waals surface area contributed by atoms with Crippen LogP contribution >= 0.6 is 0 Å². The first-order valence-electron chi connectivity index (χ1n) is 8.02. The van der Waals surface area contributed by atoms with Gasteiger partial charge in [-0.3, -0.25) is 10.3 Å². The molecule has 0 saturated carbocycles. The maximum absolute atomic E-state index is 11.2. The summed E-state index contributed by atoms with van der Waals surface area (Å²) in [6.45, 7) is 5.13. The van der Waals surface area contributed by atoms with Crippen LogP contribution in [0.15, 0.2) is 29.3 Å². The van der Waals surface area contributed by atoms with Crippen molar-refractivity contribution in [3.63, 3.8) is 0 Å². The van der Waals surface area contributed by atoms with Crippen molar-refractivity contribution in [2.24, 2.45) is 10.9 Å². The normalized spacial score (nSPS) is 16.1. The first kappa shape index (κ1) is 17.1. The molecule has 1 amide bonds. The molecule has 1 heterocycles. The Balaban J connectivity index is 1.85. The highest BCUT2D eigenvalue weighted by molar-refractivity contribution is 5.84. The molecule has 1 aromatic rings. The van der Waals surface area contributed by atoms with Gasteiger partial charge in [0.05, 0.1) is 7.11 Å². The number of carbonyl (C=O) groups excluding carboxylic acids is 1. The smallest absolute Gasteiger partial charge is 0.411 e. The number of methoxy groups -OCH3 is 1. The van der Waals surface area contributed by atoms with Crippen LogP contribution in [-0.4, -0.2) is 44.2 Å². The SMILES string of the molecule is CN=C(NCc1ccc(NC(=O)OC)cc1)N1CCC(C)CC1. The van der Waals surface area contributed by atoms with Crippen molar-refractivity contribution >= 4 is 17.7 Å². The number of guanidine groups is 1. The van der Waals surface area contributed by atoms with Gasteiger partial charge in [0.1, 0.15) is 0 Å². The fraction of sp³-hybridized carbons (Fsp3) is 0.529. The summed E-state index contributed by atoms with van der Waals surface area (Å²) in [5.74, 6) is 1.76. The third-order valence-electron chi connectivity index (χ3n) is 4.13. The van der Waals surface area contributed by atoms with Crippen LogP contribution in [-0.2, 0) is 11.3 Å². The van der Waals surface area contributed by atoms with Gasteiger partial charge in [0.15, 0.2) is 5.96 Å². The third kappa shape index (κ3) is 5.16. The van der Waals surface area contributed by atoms with E-state index in [1.165, 1.54) is 20.0 Å². The lowest BCUT2D eigenvalue weighted by Crippen LogP contribution is -2.45. The maximum Gasteiger partial charge on any atom is 0.411 e. The van der Waals surface area contributed by atoms with E-state index < -0.39 is 6.09 Å². The lowest BCUT2D eigenvalue weighted by molar-refractivity contribution is 0.187. The van der Waals surface area contributed by atoms with Gasteiger partial charge in [-0.05, 0) is 36.5 Å². The van der Waals surface area contributed by atoms with Crippen LogP contribution in [0.2, 0.25) is 0 Å². The number of ether oxygens (including phenoxy) is 1. The molecule has 1 aliphatic heterocycles. The van der Waals surface area contributed by atoms with E-state index in [4.69, 9.17) is 0 Å². The van der Waals surface area contributed by atoms with Crippen molar-refractivity contribution in [3.05, 3.63) is 29.8 Å². The van der Waals surface area contributed by atoms with Crippen LogP contribution in [0.5, 0.6) is 0 Å². The van der Waals surface area contributed by atoms with E-state index in [9.17, 15) is 4.79 Å². The molecule has 0 atom stereocenters. The molecular weight excluding hydrogens is 292 g/mol. The summed E-state index contributed by atoms with van der Waals surface area (Å²) in [5, 5.41) is 6.04. The number of piperidine rings is 1. The van der Waals surface area contributed by atoms with Crippen LogP contribution in [0.3, 0.4) is 0 Å². The molecule has 1 saturated heterocycles. The minimum atomic E-state index is -0.462. The molecular formula is C17H26N4O2. The molecule has 1 aliphatic rings. The number of benzene rings is 1. The zero-order valence-electron chi connectivity index (χ0n) is 14.1. The van der Waals surface area contributed by atoms with Gasteiger partial charge >= 0.3 is 6.09 Å². The van der Waals surface area contributed by atoms with Gasteiger partial charge in [-0.1, -0.05) is 19.1 Å². The monoisotopic (exact) mass is 318 g/mol. The molecule has 2 N–H and O–H groups in total. The predicted octanol–water partition coefficient (Wildman–Crippen LogP) is 2.67. The molecule has 2 rings (SSSR count). The number of likely N-dealkylation sites (tertiary alicyclic amines) is 1. The molecule has 0 radical (unpaired) electrons. The second-order valence-corrected chi connectivity index (χ2v) is 5.88. The first-order valence-corrected chi connectivity index (χ1v) is 8.02. The number of nitrogens with one attached hydrogen (secondary N) is 2. The summed E-state index contributed by atoms with van der Waals surface area (Å²) in [4.78, 5) is 17.8. The van der Waals surface area contributed by atoms with Crippen LogP contribution in [0.25, 0.3) is 0 Å². The Kier molecular flexibility index (Phi) is 6.26. The number of anilines is 1. The zero-order valence-corrected chi connectivity index (χ0v) is 14.1. The summed E-state index contributed by atoms with van der Waals surface area (Å²) < 4.78 is 4.57. The molecule has 126 valence electrons. The second-order valence-electron chi connectivity index (χ2n) is 5.88. The zero-order chi connectivity index (χ0) is 16.7. The van der Waals surface area contributed by atoms with Crippen LogP contribution in [0.1, 0.15) is 25.3 Å². The molecule has 1 fully saturated rings. The average Bonchev–Trinajstić information content (AvgIpc) is 2.58. The lowest BCUT2D eigenvalue weighted by atomic mass is 10.00. The Bertz CT molecular complexity index is 534. The van der Waals surface area contributed by atoms with E-state index >= 15 is 0 Å². The van der Waals surface area contributed by atoms with Gasteiger partial charge in [-0.15, -0.1) is 0 Å². The fourth-order valence-electron chi connectivity index (χ4n) is 2.61. The molecule has 23 heavy (non-hydrogen) atoms. The lowest BCUT2D eigenvalue weighted by Gasteiger charge is -2.32. The topological polar surface area (TPSA) is 66.0 Å². The Morgan fingerprint density at radius 1 is 1.30 bits per heavy atom. The number of aliphatic imine (C=N–C) groups is 1. The molecule has 0 aliphatic carbocycles. The predicted molar refractivity (Wildman–Crippen MR) is 92.6 cm³/mol. The van der Waals surface area contributed by atoms with Gasteiger partial charge in [-0.2, -0.15) is 0 Å². The first-order chi connectivity index (χ1) is 11.1. The number of hydrogen-bond donors (Lipinski definition) is 2. The minimum absolute atomic E-state index is 0.462. The molecule has 6 nitrogen and oxygen atoms in total. The van der Waals surface area contributed by atoms with Gasteiger partial charge in [-0.25, -0.2) is 4.79 Å². The van der Waals surface area contributed by atoms with E-state index in [0.29, 0.717) is 6.54 Å². The van der Waals surface area contributed by atoms with E-state index in [2.05, 4.69) is 32.2 Å². The van der Waals surface area contributed by atoms with Crippen molar-refractivity contribution in [1.29, 1.82) is 0 Å². The third-order valence-corrected chi connectivity index (χ3v) is 4.13. The highest BCUT2D eigenvalue weighted by atomic mass is 16.5. The second kappa shape index (κ2) is 8.41. The Hall–Kier alpha value is -2.24. The summed E-state index contributed by atoms with van der Waals surface area (Å²) in [6, 6.07) is 7.67. The van der Waals surface area contributed by atoms with Crippen molar-refractivity contribution in [2.45, 2.75) is 26.3 Å². The van der Waals surface area contributed by atoms with Crippen molar-refractivity contribution < 1.29 is 9.53 Å². The van der Waals surface area contributed by atoms with Crippen molar-refractivity contribution in [3.8, 4) is 0 Å². The largest absolute Gasteiger partial charge is 0.453 e. The molecule has 6 heteroatoms. The van der Waals surface area contributed by atoms with Crippen LogP contribution in [0, 0.1) is 5.92 Å². The van der Waals surface area contributed by atoms with E-state index in [1.807, 2.05) is 31.3 Å². The quantitative estimate of drug-likeness (QED) is 0.664. The molecule has 0 aromatic heterocycles. The Morgan fingerprint density at radius 2 is 1.96 bits per heavy atom. The van der Waals surface area contributed by atoms with E-state index in [1.54, 1.807) is 0 Å². The number of nitrogens with zero attached hydrogens (tertiary/aromatic N) is 2. The van der Waals surface area contributed by atoms with Gasteiger partial charge < -0.3 is 15.0 Å². The Labute approximate surface area is 137 Å².